The van der Waals surface area contributed by atoms with Crippen molar-refractivity contribution < 1.29 is 13.6 Å². The third-order valence-corrected chi connectivity index (χ3v) is 3.21. The fourth-order valence-electron chi connectivity index (χ4n) is 2.06. The molecule has 1 aromatic rings. The first kappa shape index (κ1) is 12.3. The first-order valence-electron chi connectivity index (χ1n) is 5.42. The van der Waals surface area contributed by atoms with Gasteiger partial charge in [0.25, 0.3) is 6.43 Å². The van der Waals surface area contributed by atoms with Crippen molar-refractivity contribution >= 4 is 17.5 Å². The molecule has 1 fully saturated rings. The molecule has 17 heavy (non-hydrogen) atoms. The van der Waals surface area contributed by atoms with Crippen molar-refractivity contribution in [3.8, 4) is 0 Å². The number of hydrogen-bond acceptors (Lipinski definition) is 1. The number of hydrogen-bond donors (Lipinski definition) is 1. The van der Waals surface area contributed by atoms with Crippen LogP contribution >= 0.6 is 11.6 Å². The number of amides is 1. The molecule has 0 aromatic heterocycles. The Morgan fingerprint density at radius 1 is 1.47 bits per heavy atom. The van der Waals surface area contributed by atoms with Crippen LogP contribution in [0.2, 0.25) is 5.02 Å². The highest BCUT2D eigenvalue weighted by Gasteiger charge is 2.26. The summed E-state index contributed by atoms with van der Waals surface area (Å²) in [7, 11) is 0. The zero-order valence-corrected chi connectivity index (χ0v) is 9.81. The van der Waals surface area contributed by atoms with Gasteiger partial charge in [-0.2, -0.15) is 0 Å². The SMILES string of the molecule is O=C1NCCC1Cc1ccc(Cl)cc1C(F)F. The van der Waals surface area contributed by atoms with Crippen LogP contribution in [0, 0.1) is 5.92 Å². The van der Waals surface area contributed by atoms with Gasteiger partial charge in [-0.25, -0.2) is 8.78 Å². The number of carbonyl (C=O) groups excluding carboxylic acids is 1. The predicted octanol–water partition coefficient (Wildman–Crippen LogP) is 2.96. The summed E-state index contributed by atoms with van der Waals surface area (Å²) in [6.45, 7) is 0.626. The molecular weight excluding hydrogens is 248 g/mol. The predicted molar refractivity (Wildman–Crippen MR) is 61.2 cm³/mol. The average Bonchev–Trinajstić information content (AvgIpc) is 2.67. The van der Waals surface area contributed by atoms with Crippen LogP contribution in [0.25, 0.3) is 0 Å². The monoisotopic (exact) mass is 259 g/mol. The van der Waals surface area contributed by atoms with E-state index in [1.807, 2.05) is 0 Å². The van der Waals surface area contributed by atoms with Crippen molar-refractivity contribution in [1.82, 2.24) is 5.32 Å². The van der Waals surface area contributed by atoms with Crippen LogP contribution in [-0.4, -0.2) is 12.5 Å². The van der Waals surface area contributed by atoms with E-state index in [2.05, 4.69) is 5.32 Å². The lowest BCUT2D eigenvalue weighted by Crippen LogP contribution is -2.20. The van der Waals surface area contributed by atoms with Crippen molar-refractivity contribution in [1.29, 1.82) is 0 Å². The Labute approximate surface area is 103 Å². The molecule has 92 valence electrons. The minimum Gasteiger partial charge on any atom is -0.356 e. The van der Waals surface area contributed by atoms with E-state index in [9.17, 15) is 13.6 Å². The Hall–Kier alpha value is -1.16. The topological polar surface area (TPSA) is 29.1 Å². The highest BCUT2D eigenvalue weighted by atomic mass is 35.5. The molecule has 2 nitrogen and oxygen atoms in total. The molecule has 1 saturated heterocycles. The van der Waals surface area contributed by atoms with Crippen molar-refractivity contribution in [3.05, 3.63) is 34.3 Å². The third-order valence-electron chi connectivity index (χ3n) is 2.97. The molecule has 5 heteroatoms. The van der Waals surface area contributed by atoms with Crippen molar-refractivity contribution in [2.24, 2.45) is 5.92 Å². The van der Waals surface area contributed by atoms with Gasteiger partial charge >= 0.3 is 0 Å². The summed E-state index contributed by atoms with van der Waals surface area (Å²) in [5.41, 5.74) is 0.434. The molecule has 0 spiro atoms. The van der Waals surface area contributed by atoms with E-state index in [4.69, 9.17) is 11.6 Å². The number of benzene rings is 1. The molecule has 1 aromatic carbocycles. The minimum absolute atomic E-state index is 0.0554. The Morgan fingerprint density at radius 3 is 2.82 bits per heavy atom. The maximum Gasteiger partial charge on any atom is 0.264 e. The molecule has 1 N–H and O–H groups in total. The Kier molecular flexibility index (Phi) is 3.62. The van der Waals surface area contributed by atoms with E-state index in [1.54, 1.807) is 12.1 Å². The molecule has 0 radical (unpaired) electrons. The van der Waals surface area contributed by atoms with Gasteiger partial charge in [0.15, 0.2) is 0 Å². The van der Waals surface area contributed by atoms with E-state index in [-0.39, 0.29) is 17.4 Å². The molecule has 1 heterocycles. The van der Waals surface area contributed by atoms with Crippen LogP contribution in [0.3, 0.4) is 0 Å². The molecule has 1 amide bonds. The zero-order valence-electron chi connectivity index (χ0n) is 9.05. The number of nitrogens with one attached hydrogen (secondary N) is 1. The van der Waals surface area contributed by atoms with E-state index in [1.165, 1.54) is 6.07 Å². The van der Waals surface area contributed by atoms with Crippen LogP contribution in [0.5, 0.6) is 0 Å². The van der Waals surface area contributed by atoms with Crippen LogP contribution < -0.4 is 5.32 Å². The summed E-state index contributed by atoms with van der Waals surface area (Å²) in [5.74, 6) is -0.256. The second-order valence-corrected chi connectivity index (χ2v) is 4.56. The number of rotatable bonds is 3. The standard InChI is InChI=1S/C12H12ClF2NO/c13-9-2-1-7(10(6-9)11(14)15)5-8-3-4-16-12(8)17/h1-2,6,8,11H,3-5H2,(H,16,17). The molecule has 1 aliphatic rings. The molecule has 1 unspecified atom stereocenters. The van der Waals surface area contributed by atoms with E-state index < -0.39 is 6.43 Å². The quantitative estimate of drug-likeness (QED) is 0.888. The molecule has 0 bridgehead atoms. The van der Waals surface area contributed by atoms with Gasteiger partial charge in [-0.3, -0.25) is 4.79 Å². The lowest BCUT2D eigenvalue weighted by Gasteiger charge is -2.12. The molecule has 1 aliphatic heterocycles. The maximum atomic E-state index is 12.8. The van der Waals surface area contributed by atoms with Crippen molar-refractivity contribution in [3.63, 3.8) is 0 Å². The molecule has 1 atom stereocenters. The van der Waals surface area contributed by atoms with Gasteiger partial charge in [-0.15, -0.1) is 0 Å². The first-order valence-corrected chi connectivity index (χ1v) is 5.80. The van der Waals surface area contributed by atoms with Crippen LogP contribution in [0.4, 0.5) is 8.78 Å². The fourth-order valence-corrected chi connectivity index (χ4v) is 2.24. The summed E-state index contributed by atoms with van der Waals surface area (Å²) in [6, 6.07) is 4.43. The van der Waals surface area contributed by atoms with Crippen molar-refractivity contribution in [2.45, 2.75) is 19.3 Å². The second-order valence-electron chi connectivity index (χ2n) is 4.12. The van der Waals surface area contributed by atoms with Gasteiger partial charge < -0.3 is 5.32 Å². The second kappa shape index (κ2) is 5.00. The Balaban J connectivity index is 2.22. The van der Waals surface area contributed by atoms with Gasteiger partial charge in [-0.05, 0) is 30.5 Å². The largest absolute Gasteiger partial charge is 0.356 e. The highest BCUT2D eigenvalue weighted by Crippen LogP contribution is 2.29. The maximum absolute atomic E-state index is 12.8. The average molecular weight is 260 g/mol. The smallest absolute Gasteiger partial charge is 0.264 e. The Morgan fingerprint density at radius 2 is 2.24 bits per heavy atom. The molecular formula is C12H12ClF2NO. The summed E-state index contributed by atoms with van der Waals surface area (Å²) >= 11 is 5.69. The van der Waals surface area contributed by atoms with E-state index in [0.717, 1.165) is 0 Å². The highest BCUT2D eigenvalue weighted by molar-refractivity contribution is 6.30. The Bertz CT molecular complexity index is 437. The zero-order chi connectivity index (χ0) is 12.4. The molecule has 0 saturated carbocycles. The first-order chi connectivity index (χ1) is 8.08. The number of carbonyl (C=O) groups is 1. The number of alkyl halides is 2. The summed E-state index contributed by atoms with van der Waals surface area (Å²) in [6.07, 6.45) is -1.51. The van der Waals surface area contributed by atoms with E-state index in [0.29, 0.717) is 30.0 Å². The third kappa shape index (κ3) is 2.75. The van der Waals surface area contributed by atoms with Crippen molar-refractivity contribution in [2.75, 3.05) is 6.54 Å². The summed E-state index contributed by atoms with van der Waals surface area (Å²) < 4.78 is 25.6. The molecule has 2 rings (SSSR count). The summed E-state index contributed by atoms with van der Waals surface area (Å²) in [4.78, 5) is 11.4. The minimum atomic E-state index is -2.56. The van der Waals surface area contributed by atoms with Gasteiger partial charge in [0.1, 0.15) is 0 Å². The van der Waals surface area contributed by atoms with Gasteiger partial charge in [0.2, 0.25) is 5.91 Å². The lowest BCUT2D eigenvalue weighted by atomic mass is 9.94. The van der Waals surface area contributed by atoms with Gasteiger partial charge in [-0.1, -0.05) is 17.7 Å². The van der Waals surface area contributed by atoms with Gasteiger partial charge in [0.05, 0.1) is 0 Å². The van der Waals surface area contributed by atoms with Crippen LogP contribution in [-0.2, 0) is 11.2 Å². The fraction of sp³-hybridized carbons (Fsp3) is 0.417. The van der Waals surface area contributed by atoms with E-state index >= 15 is 0 Å². The van der Waals surface area contributed by atoms with Crippen LogP contribution in [0.1, 0.15) is 24.0 Å². The molecule has 0 aliphatic carbocycles. The summed E-state index contributed by atoms with van der Waals surface area (Å²) in [5, 5.41) is 2.99. The van der Waals surface area contributed by atoms with Crippen LogP contribution in [0.15, 0.2) is 18.2 Å². The number of halogens is 3. The lowest BCUT2D eigenvalue weighted by molar-refractivity contribution is -0.122. The normalized spacial score (nSPS) is 19.8. The van der Waals surface area contributed by atoms with Gasteiger partial charge in [0, 0.05) is 23.0 Å².